The Hall–Kier alpha value is -0.100. The second-order valence-corrected chi connectivity index (χ2v) is 2.96. The Morgan fingerprint density at radius 2 is 2.07 bits per heavy atom. The molecule has 76 valence electrons. The normalized spacial score (nSPS) is 23.5. The number of carboxylic acid groups (broad SMARTS) is 1. The summed E-state index contributed by atoms with van der Waals surface area (Å²) in [6.07, 6.45) is 0.195. The van der Waals surface area contributed by atoms with Crippen LogP contribution in [0.2, 0.25) is 0 Å². The molecule has 6 heteroatoms. The number of nitrogens with one attached hydrogen (secondary N) is 1. The van der Waals surface area contributed by atoms with Gasteiger partial charge in [0.2, 0.25) is 0 Å². The molecule has 0 radical (unpaired) electrons. The predicted molar refractivity (Wildman–Crippen MR) is 51.4 cm³/mol. The molecule has 1 aliphatic heterocycles. The van der Waals surface area contributed by atoms with E-state index in [-0.39, 0.29) is 35.5 Å². The first-order valence-corrected chi connectivity index (χ1v) is 4.32. The van der Waals surface area contributed by atoms with Crippen LogP contribution in [0, 0.1) is 0 Å². The fourth-order valence-corrected chi connectivity index (χ4v) is 0.989. The average Bonchev–Trinajstić information content (AvgIpc) is 2.83. The third-order valence-electron chi connectivity index (χ3n) is 1.82. The molecule has 2 N–H and O–H groups in total. The van der Waals surface area contributed by atoms with Crippen molar-refractivity contribution in [2.75, 3.05) is 6.54 Å². The molecule has 2 unspecified atom stereocenters. The van der Waals surface area contributed by atoms with Gasteiger partial charge in [-0.1, -0.05) is 13.3 Å². The molecular formula is C8H14NNaO4. The molecule has 1 heterocycles. The van der Waals surface area contributed by atoms with Gasteiger partial charge in [-0.05, 0) is 6.42 Å². The number of carboxylic acids is 1. The van der Waals surface area contributed by atoms with Crippen LogP contribution in [0.15, 0.2) is 0 Å². The van der Waals surface area contributed by atoms with Crippen molar-refractivity contribution in [1.82, 2.24) is 5.32 Å². The maximum atomic E-state index is 11.1. The van der Waals surface area contributed by atoms with E-state index >= 15 is 0 Å². The summed E-state index contributed by atoms with van der Waals surface area (Å²) in [7, 11) is 0. The Balaban J connectivity index is 0.00000169. The second kappa shape index (κ2) is 6.40. The summed E-state index contributed by atoms with van der Waals surface area (Å²) >= 11 is 0. The van der Waals surface area contributed by atoms with Crippen LogP contribution < -0.4 is 5.32 Å². The number of amides is 1. The first-order chi connectivity index (χ1) is 6.16. The van der Waals surface area contributed by atoms with Gasteiger partial charge in [-0.25, -0.2) is 4.79 Å². The number of carbonyl (C=O) groups is 2. The topological polar surface area (TPSA) is 78.9 Å². The van der Waals surface area contributed by atoms with Gasteiger partial charge >= 0.3 is 35.5 Å². The first-order valence-electron chi connectivity index (χ1n) is 4.32. The van der Waals surface area contributed by atoms with Crippen LogP contribution in [0.3, 0.4) is 0 Å². The summed E-state index contributed by atoms with van der Waals surface area (Å²) in [5, 5.41) is 11.0. The van der Waals surface area contributed by atoms with Crippen LogP contribution in [0.25, 0.3) is 0 Å². The molecule has 14 heavy (non-hydrogen) atoms. The Morgan fingerprint density at radius 3 is 2.50 bits per heavy atom. The molecule has 0 spiro atoms. The van der Waals surface area contributed by atoms with Crippen molar-refractivity contribution in [2.24, 2.45) is 0 Å². The number of epoxide rings is 1. The van der Waals surface area contributed by atoms with Crippen LogP contribution in [0.1, 0.15) is 19.8 Å². The van der Waals surface area contributed by atoms with E-state index in [0.717, 1.165) is 12.8 Å². The van der Waals surface area contributed by atoms with Gasteiger partial charge in [-0.3, -0.25) is 4.79 Å². The zero-order chi connectivity index (χ0) is 9.84. The molecular weight excluding hydrogens is 197 g/mol. The number of ether oxygens (including phenoxy) is 1. The molecule has 2 atom stereocenters. The minimum absolute atomic E-state index is 0. The number of carbonyl (C=O) groups excluding carboxylic acids is 1. The number of aliphatic carboxylic acids is 1. The van der Waals surface area contributed by atoms with E-state index in [1.165, 1.54) is 0 Å². The summed E-state index contributed by atoms with van der Waals surface area (Å²) in [5.41, 5.74) is 0. The first kappa shape index (κ1) is 13.9. The minimum atomic E-state index is -1.07. The summed E-state index contributed by atoms with van der Waals surface area (Å²) in [6.45, 7) is 2.60. The monoisotopic (exact) mass is 211 g/mol. The second-order valence-electron chi connectivity index (χ2n) is 2.96. The third-order valence-corrected chi connectivity index (χ3v) is 1.82. The van der Waals surface area contributed by atoms with E-state index in [9.17, 15) is 9.59 Å². The van der Waals surface area contributed by atoms with E-state index in [4.69, 9.17) is 5.11 Å². The van der Waals surface area contributed by atoms with Crippen LogP contribution in [-0.4, -0.2) is 65.3 Å². The Bertz CT molecular complexity index is 221. The van der Waals surface area contributed by atoms with E-state index in [1.807, 2.05) is 6.92 Å². The third kappa shape index (κ3) is 3.96. The van der Waals surface area contributed by atoms with Gasteiger partial charge in [0.15, 0.2) is 12.2 Å². The fourth-order valence-electron chi connectivity index (χ4n) is 0.989. The van der Waals surface area contributed by atoms with Crippen LogP contribution in [-0.2, 0) is 14.3 Å². The molecule has 5 nitrogen and oxygen atoms in total. The Kier molecular flexibility index (Phi) is 6.35. The summed E-state index contributed by atoms with van der Waals surface area (Å²) in [6, 6.07) is 0. The number of hydrogen-bond acceptors (Lipinski definition) is 3. The van der Waals surface area contributed by atoms with Crippen molar-refractivity contribution in [1.29, 1.82) is 0 Å². The van der Waals surface area contributed by atoms with Crippen molar-refractivity contribution in [3.63, 3.8) is 0 Å². The molecule has 1 rings (SSSR count). The molecule has 0 aromatic rings. The van der Waals surface area contributed by atoms with E-state index in [2.05, 4.69) is 10.1 Å². The van der Waals surface area contributed by atoms with Crippen molar-refractivity contribution in [3.8, 4) is 0 Å². The maximum absolute atomic E-state index is 11.1. The number of unbranched alkanes of at least 4 members (excludes halogenated alkanes) is 1. The van der Waals surface area contributed by atoms with E-state index in [0.29, 0.717) is 6.54 Å². The van der Waals surface area contributed by atoms with Gasteiger partial charge in [0.1, 0.15) is 0 Å². The molecule has 0 aliphatic carbocycles. The van der Waals surface area contributed by atoms with Crippen LogP contribution in [0.5, 0.6) is 0 Å². The van der Waals surface area contributed by atoms with Gasteiger partial charge in [0.25, 0.3) is 5.91 Å². The molecule has 0 saturated carbocycles. The van der Waals surface area contributed by atoms with Crippen LogP contribution >= 0.6 is 0 Å². The van der Waals surface area contributed by atoms with Crippen molar-refractivity contribution in [3.05, 3.63) is 0 Å². The molecule has 1 saturated heterocycles. The van der Waals surface area contributed by atoms with Gasteiger partial charge in [0, 0.05) is 6.54 Å². The quantitative estimate of drug-likeness (QED) is 0.351. The Labute approximate surface area is 104 Å². The molecule has 1 fully saturated rings. The summed E-state index contributed by atoms with van der Waals surface area (Å²) in [4.78, 5) is 21.4. The van der Waals surface area contributed by atoms with Gasteiger partial charge in [-0.15, -0.1) is 0 Å². The van der Waals surface area contributed by atoms with Gasteiger partial charge in [-0.2, -0.15) is 0 Å². The van der Waals surface area contributed by atoms with Crippen molar-refractivity contribution in [2.45, 2.75) is 32.0 Å². The molecule has 1 amide bonds. The predicted octanol–water partition coefficient (Wildman–Crippen LogP) is -0.894. The summed E-state index contributed by atoms with van der Waals surface area (Å²) in [5.74, 6) is -1.39. The number of hydrogen-bond donors (Lipinski definition) is 2. The van der Waals surface area contributed by atoms with Crippen molar-refractivity contribution >= 4 is 41.4 Å². The zero-order valence-corrected chi connectivity index (χ0v) is 7.45. The Morgan fingerprint density at radius 1 is 1.43 bits per heavy atom. The summed E-state index contributed by atoms with van der Waals surface area (Å²) < 4.78 is 4.66. The molecule has 0 bridgehead atoms. The molecule has 1 aliphatic rings. The van der Waals surface area contributed by atoms with E-state index in [1.54, 1.807) is 0 Å². The SMILES string of the molecule is CCCCNC(=O)C1OC1C(=O)O.[NaH]. The standard InChI is InChI=1S/C8H13NO4.Na.H/c1-2-3-4-9-7(10)5-6(13-5)8(11)12;;/h5-6H,2-4H2,1H3,(H,9,10)(H,11,12);;. The molecule has 0 aromatic heterocycles. The number of rotatable bonds is 5. The van der Waals surface area contributed by atoms with Gasteiger partial charge < -0.3 is 15.2 Å². The van der Waals surface area contributed by atoms with E-state index < -0.39 is 18.2 Å². The van der Waals surface area contributed by atoms with Crippen molar-refractivity contribution < 1.29 is 19.4 Å². The fraction of sp³-hybridized carbons (Fsp3) is 0.750. The zero-order valence-electron chi connectivity index (χ0n) is 7.45. The van der Waals surface area contributed by atoms with Crippen LogP contribution in [0.4, 0.5) is 0 Å². The van der Waals surface area contributed by atoms with Gasteiger partial charge in [0.05, 0.1) is 0 Å². The average molecular weight is 211 g/mol. The molecule has 0 aromatic carbocycles.